The molecule has 1 saturated carbocycles. The maximum atomic E-state index is 13.9. The summed E-state index contributed by atoms with van der Waals surface area (Å²) in [7, 11) is 0. The van der Waals surface area contributed by atoms with Crippen LogP contribution in [0.15, 0.2) is 12.1 Å². The minimum Gasteiger partial charge on any atom is -0.487 e. The van der Waals surface area contributed by atoms with E-state index >= 15 is 0 Å². The fourth-order valence-electron chi connectivity index (χ4n) is 2.18. The van der Waals surface area contributed by atoms with Crippen molar-refractivity contribution >= 4 is 0 Å². The van der Waals surface area contributed by atoms with Gasteiger partial charge in [0.1, 0.15) is 0 Å². The number of benzene rings is 1. The van der Waals surface area contributed by atoms with E-state index in [9.17, 15) is 8.78 Å². The fourth-order valence-corrected chi connectivity index (χ4v) is 2.18. The van der Waals surface area contributed by atoms with Gasteiger partial charge in [0.25, 0.3) is 0 Å². The first-order chi connectivity index (χ1) is 9.46. The molecule has 3 nitrogen and oxygen atoms in total. The van der Waals surface area contributed by atoms with Crippen molar-refractivity contribution in [3.05, 3.63) is 29.3 Å². The summed E-state index contributed by atoms with van der Waals surface area (Å²) in [6, 6.07) is 4.44. The summed E-state index contributed by atoms with van der Waals surface area (Å²) in [5.41, 5.74) is 5.92. The number of ether oxygens (including phenoxy) is 1. The quantitative estimate of drug-likeness (QED) is 0.871. The molecule has 0 spiro atoms. The highest BCUT2D eigenvalue weighted by molar-refractivity contribution is 5.32. The second kappa shape index (κ2) is 5.76. The molecule has 0 radical (unpaired) electrons. The minimum absolute atomic E-state index is 0.161. The molecule has 2 rings (SSSR count). The highest BCUT2D eigenvalue weighted by atomic mass is 19.1. The molecule has 1 fully saturated rings. The molecular formula is C15H18F2N2O. The van der Waals surface area contributed by atoms with Crippen LogP contribution in [-0.4, -0.2) is 12.6 Å². The molecule has 0 amide bonds. The van der Waals surface area contributed by atoms with Crippen molar-refractivity contribution in [3.8, 4) is 11.8 Å². The lowest BCUT2D eigenvalue weighted by molar-refractivity contribution is 0.218. The maximum absolute atomic E-state index is 13.9. The highest BCUT2D eigenvalue weighted by Crippen LogP contribution is 2.48. The Kier molecular flexibility index (Phi) is 4.24. The van der Waals surface area contributed by atoms with E-state index in [1.165, 1.54) is 12.1 Å². The lowest BCUT2D eigenvalue weighted by atomic mass is 10.1. The van der Waals surface area contributed by atoms with Gasteiger partial charge in [-0.2, -0.15) is 5.26 Å². The van der Waals surface area contributed by atoms with Gasteiger partial charge >= 0.3 is 0 Å². The molecule has 20 heavy (non-hydrogen) atoms. The van der Waals surface area contributed by atoms with Crippen molar-refractivity contribution in [1.29, 1.82) is 5.26 Å². The van der Waals surface area contributed by atoms with Gasteiger partial charge in [-0.05, 0) is 43.9 Å². The first-order valence-electron chi connectivity index (χ1n) is 6.69. The minimum atomic E-state index is -0.714. The van der Waals surface area contributed by atoms with E-state index in [4.69, 9.17) is 15.7 Å². The van der Waals surface area contributed by atoms with Crippen molar-refractivity contribution in [2.24, 2.45) is 11.1 Å². The van der Waals surface area contributed by atoms with Crippen LogP contribution in [0.2, 0.25) is 0 Å². The van der Waals surface area contributed by atoms with E-state index in [-0.39, 0.29) is 23.8 Å². The van der Waals surface area contributed by atoms with E-state index in [0.717, 1.165) is 12.8 Å². The summed E-state index contributed by atoms with van der Waals surface area (Å²) in [6.07, 6.45) is 2.50. The van der Waals surface area contributed by atoms with Gasteiger partial charge in [-0.3, -0.25) is 0 Å². The molecule has 108 valence electrons. The van der Waals surface area contributed by atoms with Crippen molar-refractivity contribution in [3.63, 3.8) is 0 Å². The molecule has 0 heterocycles. The fraction of sp³-hybridized carbons (Fsp3) is 0.533. The number of hydrogen-bond donors (Lipinski definition) is 1. The van der Waals surface area contributed by atoms with Crippen LogP contribution < -0.4 is 10.5 Å². The molecule has 1 aromatic carbocycles. The molecular weight excluding hydrogens is 262 g/mol. The van der Waals surface area contributed by atoms with E-state index in [1.807, 2.05) is 0 Å². The van der Waals surface area contributed by atoms with Gasteiger partial charge in [0.05, 0.1) is 12.7 Å². The van der Waals surface area contributed by atoms with Gasteiger partial charge in [0, 0.05) is 17.9 Å². The van der Waals surface area contributed by atoms with Crippen LogP contribution >= 0.6 is 0 Å². The predicted molar refractivity (Wildman–Crippen MR) is 71.1 cm³/mol. The van der Waals surface area contributed by atoms with E-state index in [0.29, 0.717) is 18.4 Å². The first-order valence-corrected chi connectivity index (χ1v) is 6.69. The maximum Gasteiger partial charge on any atom is 0.190 e. The number of nitriles is 1. The summed E-state index contributed by atoms with van der Waals surface area (Å²) < 4.78 is 33.0. The Hall–Kier alpha value is -1.67. The summed E-state index contributed by atoms with van der Waals surface area (Å²) >= 11 is 0. The average molecular weight is 280 g/mol. The van der Waals surface area contributed by atoms with Gasteiger partial charge in [-0.25, -0.2) is 8.78 Å². The molecule has 0 aromatic heterocycles. The van der Waals surface area contributed by atoms with Crippen LogP contribution in [-0.2, 0) is 6.42 Å². The third-order valence-electron chi connectivity index (χ3n) is 3.55. The zero-order valence-electron chi connectivity index (χ0n) is 11.5. The average Bonchev–Trinajstić information content (AvgIpc) is 3.07. The van der Waals surface area contributed by atoms with E-state index in [1.54, 1.807) is 6.92 Å². The van der Waals surface area contributed by atoms with Gasteiger partial charge in [0.15, 0.2) is 17.4 Å². The summed E-state index contributed by atoms with van der Waals surface area (Å²) in [4.78, 5) is 0. The molecule has 1 atom stereocenters. The smallest absolute Gasteiger partial charge is 0.190 e. The highest BCUT2D eigenvalue weighted by Gasteiger charge is 2.43. The SMILES string of the molecule is CC(N)Cc1cc(F)c(OCC2(CC#N)CC2)c(F)c1. The molecule has 1 unspecified atom stereocenters. The van der Waals surface area contributed by atoms with Crippen molar-refractivity contribution in [2.45, 2.75) is 38.6 Å². The Labute approximate surface area is 117 Å². The van der Waals surface area contributed by atoms with E-state index < -0.39 is 11.6 Å². The van der Waals surface area contributed by atoms with Gasteiger partial charge in [0.2, 0.25) is 0 Å². The van der Waals surface area contributed by atoms with Crippen LogP contribution in [0.5, 0.6) is 5.75 Å². The zero-order valence-corrected chi connectivity index (χ0v) is 11.5. The molecule has 0 saturated heterocycles. The molecule has 1 aliphatic carbocycles. The van der Waals surface area contributed by atoms with Crippen LogP contribution in [0.4, 0.5) is 8.78 Å². The Balaban J connectivity index is 2.07. The largest absolute Gasteiger partial charge is 0.487 e. The van der Waals surface area contributed by atoms with E-state index in [2.05, 4.69) is 6.07 Å². The Bertz CT molecular complexity index is 510. The van der Waals surface area contributed by atoms with Crippen molar-refractivity contribution < 1.29 is 13.5 Å². The number of halogens is 2. The Morgan fingerprint density at radius 1 is 1.40 bits per heavy atom. The topological polar surface area (TPSA) is 59.0 Å². The van der Waals surface area contributed by atoms with Gasteiger partial charge in [-0.1, -0.05) is 0 Å². The molecule has 0 bridgehead atoms. The predicted octanol–water partition coefficient (Wildman–Crippen LogP) is 2.93. The number of hydrogen-bond acceptors (Lipinski definition) is 3. The van der Waals surface area contributed by atoms with Crippen molar-refractivity contribution in [2.75, 3.05) is 6.61 Å². The normalized spacial score (nSPS) is 17.4. The van der Waals surface area contributed by atoms with Gasteiger partial charge in [-0.15, -0.1) is 0 Å². The lowest BCUT2D eigenvalue weighted by Crippen LogP contribution is -2.18. The third kappa shape index (κ3) is 3.45. The molecule has 0 aliphatic heterocycles. The molecule has 1 aromatic rings. The second-order valence-corrected chi connectivity index (χ2v) is 5.69. The number of nitrogens with zero attached hydrogens (tertiary/aromatic N) is 1. The lowest BCUT2D eigenvalue weighted by Gasteiger charge is -2.15. The van der Waals surface area contributed by atoms with Crippen LogP contribution in [0.25, 0.3) is 0 Å². The van der Waals surface area contributed by atoms with Crippen LogP contribution in [0.3, 0.4) is 0 Å². The standard InChI is InChI=1S/C15H18F2N2O/c1-10(19)6-11-7-12(16)14(13(17)8-11)20-9-15(2-3-15)4-5-18/h7-8,10H,2-4,6,9,19H2,1H3. The number of rotatable bonds is 6. The Morgan fingerprint density at radius 3 is 2.45 bits per heavy atom. The Morgan fingerprint density at radius 2 is 2.00 bits per heavy atom. The third-order valence-corrected chi connectivity index (χ3v) is 3.55. The van der Waals surface area contributed by atoms with Crippen LogP contribution in [0.1, 0.15) is 31.7 Å². The molecule has 2 N–H and O–H groups in total. The summed E-state index contributed by atoms with van der Waals surface area (Å²) in [6.45, 7) is 1.96. The molecule has 5 heteroatoms. The summed E-state index contributed by atoms with van der Waals surface area (Å²) in [5.74, 6) is -1.79. The van der Waals surface area contributed by atoms with Gasteiger partial charge < -0.3 is 10.5 Å². The van der Waals surface area contributed by atoms with Crippen LogP contribution in [0, 0.1) is 28.4 Å². The number of nitrogens with two attached hydrogens (primary N) is 1. The zero-order chi connectivity index (χ0) is 14.8. The second-order valence-electron chi connectivity index (χ2n) is 5.69. The first kappa shape index (κ1) is 14.7. The summed E-state index contributed by atoms with van der Waals surface area (Å²) in [5, 5.41) is 8.70. The van der Waals surface area contributed by atoms with Crippen molar-refractivity contribution in [1.82, 2.24) is 0 Å². The molecule has 1 aliphatic rings. The monoisotopic (exact) mass is 280 g/mol.